The van der Waals surface area contributed by atoms with E-state index in [4.69, 9.17) is 0 Å². The molecular formula is C30H60. The van der Waals surface area contributed by atoms with Gasteiger partial charge >= 0.3 is 0 Å². The molecule has 0 fully saturated rings. The second kappa shape index (κ2) is 26.8. The minimum atomic E-state index is 1.28. The third-order valence-corrected chi connectivity index (χ3v) is 6.77. The largest absolute Gasteiger partial charge is 0.0999 e. The summed E-state index contributed by atoms with van der Waals surface area (Å²) in [5.74, 6) is 0. The van der Waals surface area contributed by atoms with Gasteiger partial charge in [-0.25, -0.2) is 0 Å². The molecule has 0 aliphatic carbocycles. The summed E-state index contributed by atoms with van der Waals surface area (Å²) in [5, 5.41) is 0. The normalized spacial score (nSPS) is 11.3. The molecule has 0 saturated carbocycles. The standard InChI is InChI=1S/C30H60/c1-4-6-8-10-12-13-14-15-16-17-18-19-20-21-22-23-25-27-29-30(3)28-26-24-11-9-7-5-2/h3-29H2,1-2H3. The molecule has 0 unspecified atom stereocenters. The third kappa shape index (κ3) is 25.8. The fraction of sp³-hybridized carbons (Fsp3) is 0.933. The van der Waals surface area contributed by atoms with E-state index in [0.717, 1.165) is 0 Å². The van der Waals surface area contributed by atoms with Crippen LogP contribution in [0.2, 0.25) is 0 Å². The van der Waals surface area contributed by atoms with Gasteiger partial charge < -0.3 is 0 Å². The number of hydrogen-bond donors (Lipinski definition) is 0. The molecule has 0 N–H and O–H groups in total. The van der Waals surface area contributed by atoms with E-state index < -0.39 is 0 Å². The van der Waals surface area contributed by atoms with E-state index in [2.05, 4.69) is 20.4 Å². The Balaban J connectivity index is 3.10. The van der Waals surface area contributed by atoms with Gasteiger partial charge in [-0.3, -0.25) is 0 Å². The minimum Gasteiger partial charge on any atom is -0.0999 e. The monoisotopic (exact) mass is 420 g/mol. The van der Waals surface area contributed by atoms with Gasteiger partial charge in [0, 0.05) is 0 Å². The lowest BCUT2D eigenvalue weighted by Crippen LogP contribution is -1.86. The Hall–Kier alpha value is -0.260. The van der Waals surface area contributed by atoms with Crippen LogP contribution in [0.5, 0.6) is 0 Å². The predicted octanol–water partition coefficient (Wildman–Crippen LogP) is 11.7. The van der Waals surface area contributed by atoms with E-state index in [0.29, 0.717) is 0 Å². The van der Waals surface area contributed by atoms with Gasteiger partial charge in [0.15, 0.2) is 0 Å². The van der Waals surface area contributed by atoms with E-state index >= 15 is 0 Å². The van der Waals surface area contributed by atoms with Crippen LogP contribution >= 0.6 is 0 Å². The summed E-state index contributed by atoms with van der Waals surface area (Å²) in [5.41, 5.74) is 1.52. The molecule has 0 aromatic rings. The quantitative estimate of drug-likeness (QED) is 0.0963. The highest BCUT2D eigenvalue weighted by molar-refractivity contribution is 4.93. The van der Waals surface area contributed by atoms with Gasteiger partial charge in [-0.1, -0.05) is 167 Å². The van der Waals surface area contributed by atoms with Crippen LogP contribution in [0.4, 0.5) is 0 Å². The number of rotatable bonds is 26. The van der Waals surface area contributed by atoms with Gasteiger partial charge in [-0.05, 0) is 25.7 Å². The van der Waals surface area contributed by atoms with Gasteiger partial charge in [0.05, 0.1) is 0 Å². The molecule has 0 radical (unpaired) electrons. The summed E-state index contributed by atoms with van der Waals surface area (Å²) in [7, 11) is 0. The van der Waals surface area contributed by atoms with Crippen molar-refractivity contribution in [1.29, 1.82) is 0 Å². The summed E-state index contributed by atoms with van der Waals surface area (Å²) >= 11 is 0. The van der Waals surface area contributed by atoms with Crippen molar-refractivity contribution in [1.82, 2.24) is 0 Å². The highest BCUT2D eigenvalue weighted by atomic mass is 14.0. The maximum atomic E-state index is 4.30. The smallest absolute Gasteiger partial charge is 0.0323 e. The molecular weight excluding hydrogens is 360 g/mol. The zero-order chi connectivity index (χ0) is 22.0. The average Bonchev–Trinajstić information content (AvgIpc) is 2.75. The van der Waals surface area contributed by atoms with Crippen molar-refractivity contribution in [3.63, 3.8) is 0 Å². The lowest BCUT2D eigenvalue weighted by Gasteiger charge is -2.06. The topological polar surface area (TPSA) is 0 Å². The first kappa shape index (κ1) is 29.7. The van der Waals surface area contributed by atoms with Crippen LogP contribution in [0.3, 0.4) is 0 Å². The van der Waals surface area contributed by atoms with E-state index in [1.807, 2.05) is 0 Å². The first-order valence-corrected chi connectivity index (χ1v) is 14.5. The lowest BCUT2D eigenvalue weighted by molar-refractivity contribution is 0.524. The molecule has 0 aromatic carbocycles. The van der Waals surface area contributed by atoms with Crippen LogP contribution in [-0.4, -0.2) is 0 Å². The molecule has 180 valence electrons. The second-order valence-electron chi connectivity index (χ2n) is 10.0. The van der Waals surface area contributed by atoms with Gasteiger partial charge in [-0.15, -0.1) is 0 Å². The minimum absolute atomic E-state index is 1.28. The van der Waals surface area contributed by atoms with Crippen molar-refractivity contribution in [3.05, 3.63) is 12.2 Å². The summed E-state index contributed by atoms with van der Waals surface area (Å²) < 4.78 is 0. The van der Waals surface area contributed by atoms with Gasteiger partial charge in [0.25, 0.3) is 0 Å². The zero-order valence-electron chi connectivity index (χ0n) is 21.6. The van der Waals surface area contributed by atoms with Crippen LogP contribution in [0.25, 0.3) is 0 Å². The highest BCUT2D eigenvalue weighted by Gasteiger charge is 1.98. The van der Waals surface area contributed by atoms with Crippen molar-refractivity contribution in [2.24, 2.45) is 0 Å². The van der Waals surface area contributed by atoms with Gasteiger partial charge in [-0.2, -0.15) is 0 Å². The van der Waals surface area contributed by atoms with E-state index in [1.165, 1.54) is 173 Å². The summed E-state index contributed by atoms with van der Waals surface area (Å²) in [6, 6.07) is 0. The van der Waals surface area contributed by atoms with Gasteiger partial charge in [0.2, 0.25) is 0 Å². The number of allylic oxidation sites excluding steroid dienone is 1. The van der Waals surface area contributed by atoms with E-state index in [1.54, 1.807) is 0 Å². The first-order valence-electron chi connectivity index (χ1n) is 14.5. The Morgan fingerprint density at radius 2 is 0.533 bits per heavy atom. The Kier molecular flexibility index (Phi) is 26.5. The Labute approximate surface area is 193 Å². The molecule has 0 nitrogen and oxygen atoms in total. The summed E-state index contributed by atoms with van der Waals surface area (Å²) in [6.07, 6.45) is 37.3. The molecule has 0 aliphatic rings. The molecule has 0 heterocycles. The SMILES string of the molecule is C=C(CCCCCCCC)CCCCCCCCCCCCCCCCCCCC. The van der Waals surface area contributed by atoms with Crippen LogP contribution < -0.4 is 0 Å². The Morgan fingerprint density at radius 1 is 0.333 bits per heavy atom. The Bertz CT molecular complexity index is 316. The van der Waals surface area contributed by atoms with Crippen LogP contribution in [0.15, 0.2) is 12.2 Å². The van der Waals surface area contributed by atoms with E-state index in [-0.39, 0.29) is 0 Å². The van der Waals surface area contributed by atoms with Crippen molar-refractivity contribution in [2.45, 2.75) is 181 Å². The molecule has 0 spiro atoms. The van der Waals surface area contributed by atoms with Crippen molar-refractivity contribution in [3.8, 4) is 0 Å². The second-order valence-corrected chi connectivity index (χ2v) is 10.0. The average molecular weight is 421 g/mol. The van der Waals surface area contributed by atoms with Crippen LogP contribution in [0.1, 0.15) is 181 Å². The number of hydrogen-bond acceptors (Lipinski definition) is 0. The van der Waals surface area contributed by atoms with Crippen LogP contribution in [-0.2, 0) is 0 Å². The summed E-state index contributed by atoms with van der Waals surface area (Å²) in [6.45, 7) is 8.90. The third-order valence-electron chi connectivity index (χ3n) is 6.77. The zero-order valence-corrected chi connectivity index (χ0v) is 21.6. The van der Waals surface area contributed by atoms with Crippen molar-refractivity contribution >= 4 is 0 Å². The molecule has 0 aliphatic heterocycles. The number of unbranched alkanes of at least 4 members (excludes halogenated alkanes) is 22. The molecule has 0 bridgehead atoms. The molecule has 0 atom stereocenters. The highest BCUT2D eigenvalue weighted by Crippen LogP contribution is 2.18. The fourth-order valence-corrected chi connectivity index (χ4v) is 4.56. The summed E-state index contributed by atoms with van der Waals surface area (Å²) in [4.78, 5) is 0. The molecule has 0 amide bonds. The predicted molar refractivity (Wildman–Crippen MR) is 141 cm³/mol. The molecule has 0 saturated heterocycles. The molecule has 30 heavy (non-hydrogen) atoms. The first-order chi connectivity index (χ1) is 14.8. The molecule has 0 aromatic heterocycles. The molecule has 0 rings (SSSR count). The Morgan fingerprint density at radius 3 is 0.767 bits per heavy atom. The molecule has 0 heteroatoms. The maximum absolute atomic E-state index is 4.30. The van der Waals surface area contributed by atoms with E-state index in [9.17, 15) is 0 Å². The van der Waals surface area contributed by atoms with Crippen molar-refractivity contribution in [2.75, 3.05) is 0 Å². The van der Waals surface area contributed by atoms with Crippen molar-refractivity contribution < 1.29 is 0 Å². The maximum Gasteiger partial charge on any atom is -0.0323 e. The van der Waals surface area contributed by atoms with Gasteiger partial charge in [0.1, 0.15) is 0 Å². The van der Waals surface area contributed by atoms with Crippen LogP contribution in [0, 0.1) is 0 Å². The fourth-order valence-electron chi connectivity index (χ4n) is 4.56. The lowest BCUT2D eigenvalue weighted by atomic mass is 10.0.